The number of rotatable bonds is 5. The number of hydrogen-bond acceptors (Lipinski definition) is 11. The Morgan fingerprint density at radius 1 is 0.232 bits per heavy atom. The summed E-state index contributed by atoms with van der Waals surface area (Å²) in [6.07, 6.45) is 24.9. The predicted octanol–water partition coefficient (Wildman–Crippen LogP) is 24.1. The topological polar surface area (TPSA) is 162 Å². The molecule has 0 radical (unpaired) electrons. The molecule has 16 nitrogen and oxygen atoms in total. The van der Waals surface area contributed by atoms with Crippen molar-refractivity contribution >= 4 is 164 Å². The summed E-state index contributed by atoms with van der Waals surface area (Å²) in [4.78, 5) is 26.4. The summed E-state index contributed by atoms with van der Waals surface area (Å²) in [6, 6.07) is 85.6. The molecule has 16 heteroatoms. The van der Waals surface area contributed by atoms with Crippen LogP contribution in [0.2, 0.25) is 0 Å². The van der Waals surface area contributed by atoms with Crippen LogP contribution in [-0.4, -0.2) is 29.9 Å². The lowest BCUT2D eigenvalue weighted by atomic mass is 9.99. The Morgan fingerprint density at radius 2 is 0.616 bits per heavy atom. The summed E-state index contributed by atoms with van der Waals surface area (Å²) in [5, 5.41) is 20.4. The molecule has 125 heavy (non-hydrogen) atoms. The van der Waals surface area contributed by atoms with Crippen LogP contribution in [-0.2, 0) is 35.2 Å². The van der Waals surface area contributed by atoms with Gasteiger partial charge in [-0.2, -0.15) is 0 Å². The van der Waals surface area contributed by atoms with Crippen LogP contribution < -0.4 is 22.8 Å². The van der Waals surface area contributed by atoms with Gasteiger partial charge < -0.3 is 22.1 Å². The third-order valence-electron chi connectivity index (χ3n) is 24.5. The van der Waals surface area contributed by atoms with Crippen molar-refractivity contribution in [2.45, 2.75) is 34.6 Å². The molecule has 15 aromatic heterocycles. The van der Waals surface area contributed by atoms with E-state index in [2.05, 4.69) is 306 Å². The summed E-state index contributed by atoms with van der Waals surface area (Å²) >= 11 is 0. The van der Waals surface area contributed by atoms with Gasteiger partial charge in [0.25, 0.3) is 6.33 Å². The molecule has 15 heterocycles. The molecule has 0 aliphatic heterocycles. The molecular weight excluding hydrogens is 1540 g/mol. The predicted molar refractivity (Wildman–Crippen MR) is 500 cm³/mol. The van der Waals surface area contributed by atoms with Crippen molar-refractivity contribution in [3.8, 4) is 56.3 Å². The van der Waals surface area contributed by atoms with Crippen molar-refractivity contribution < 1.29 is 44.9 Å². The van der Waals surface area contributed by atoms with Gasteiger partial charge in [0.2, 0.25) is 28.5 Å². The van der Waals surface area contributed by atoms with Crippen LogP contribution in [0.3, 0.4) is 0 Å². The monoisotopic (exact) mass is 1630 g/mol. The van der Waals surface area contributed by atoms with Crippen LogP contribution in [0, 0.1) is 34.6 Å². The highest BCUT2D eigenvalue weighted by Gasteiger charge is 2.28. The molecule has 25 aromatic rings. The molecule has 0 unspecified atom stereocenters. The minimum atomic E-state index is 0.678. The lowest BCUT2D eigenvalue weighted by molar-refractivity contribution is -0.663. The summed E-state index contributed by atoms with van der Waals surface area (Å²) in [7, 11) is 10.3. The lowest BCUT2D eigenvalue weighted by Gasteiger charge is -2.06. The molecule has 0 saturated carbocycles. The first-order chi connectivity index (χ1) is 61.2. The van der Waals surface area contributed by atoms with Crippen molar-refractivity contribution in [1.29, 1.82) is 0 Å². The molecular formula is C109H84N11O5+5. The quantitative estimate of drug-likeness (QED) is 0.151. The van der Waals surface area contributed by atoms with Gasteiger partial charge >= 0.3 is 0 Å². The van der Waals surface area contributed by atoms with E-state index in [-0.39, 0.29) is 0 Å². The summed E-state index contributed by atoms with van der Waals surface area (Å²) in [5.41, 5.74) is 28.2. The van der Waals surface area contributed by atoms with Gasteiger partial charge in [0, 0.05) is 168 Å². The van der Waals surface area contributed by atoms with Crippen LogP contribution in [0.1, 0.15) is 27.8 Å². The molecule has 0 bridgehead atoms. The third-order valence-corrected chi connectivity index (χ3v) is 24.5. The van der Waals surface area contributed by atoms with E-state index >= 15 is 0 Å². The number of fused-ring (bicyclic) bond motifs is 25. The van der Waals surface area contributed by atoms with Crippen LogP contribution in [0.4, 0.5) is 0 Å². The molecule has 0 amide bonds. The van der Waals surface area contributed by atoms with Crippen LogP contribution >= 0.6 is 0 Å². The van der Waals surface area contributed by atoms with Crippen molar-refractivity contribution in [1.82, 2.24) is 29.9 Å². The Balaban J connectivity index is 0.0000000956. The smallest absolute Gasteiger partial charge is 0.286 e. The van der Waals surface area contributed by atoms with E-state index in [1.807, 2.05) is 146 Å². The van der Waals surface area contributed by atoms with Gasteiger partial charge in [-0.05, 0) is 170 Å². The van der Waals surface area contributed by atoms with Gasteiger partial charge in [0.15, 0.2) is 24.8 Å². The number of pyridine rings is 9. The largest absolute Gasteiger partial charge is 0.455 e. The van der Waals surface area contributed by atoms with Crippen molar-refractivity contribution in [2.24, 2.45) is 35.2 Å². The minimum absolute atomic E-state index is 0.678. The van der Waals surface area contributed by atoms with E-state index < -0.39 is 0 Å². The maximum absolute atomic E-state index is 6.35. The highest BCUT2D eigenvalue weighted by molar-refractivity contribution is 6.25. The second-order valence-electron chi connectivity index (χ2n) is 32.2. The van der Waals surface area contributed by atoms with Gasteiger partial charge in [-0.1, -0.05) is 108 Å². The first-order valence-electron chi connectivity index (χ1n) is 41.8. The molecule has 0 aliphatic rings. The van der Waals surface area contributed by atoms with E-state index in [1.54, 1.807) is 0 Å². The fourth-order valence-electron chi connectivity index (χ4n) is 18.3. The Hall–Kier alpha value is -16.1. The van der Waals surface area contributed by atoms with Crippen molar-refractivity contribution in [2.75, 3.05) is 0 Å². The molecule has 0 atom stereocenters. The standard InChI is InChI=1S/4C22H17N2O.C21H16N3O/c1-14-8-10-16-20-18(11-9-15-6-5-12-23-21(15)20)25-22(16)19(14)17-7-3-4-13-24(17)2;1-14-8-9-16-21-15-6-5-12-23-17(15)10-11-19(21)25-22(16)20(14)18-7-3-4-13-24(18)2;1-14-6-8-17-21-16-10-11-23-13-15(16)7-9-19(21)25-22(17)20(14)18-5-3-4-12-24(18)2;1-14-6-8-16-21-17-13-23-11-10-15(17)7-9-19(21)25-22(16)20(14)18-5-3-4-12-24(18)2;1-13-7-8-16-19-15-6-4-3-5-14(15)11-23-21(19)25-20(16)18(13)17-9-10-22-12-24(17)2/h4*3-13H,1-2H3;3-12H,1-2H3/q5*+1. The van der Waals surface area contributed by atoms with Gasteiger partial charge in [-0.15, -0.1) is 0 Å². The number of benzene rings is 10. The first-order valence-corrected chi connectivity index (χ1v) is 41.8. The van der Waals surface area contributed by atoms with Gasteiger partial charge in [-0.3, -0.25) is 19.9 Å². The Morgan fingerprint density at radius 3 is 1.15 bits per heavy atom. The van der Waals surface area contributed by atoms with E-state index in [9.17, 15) is 0 Å². The summed E-state index contributed by atoms with van der Waals surface area (Å²) in [6.45, 7) is 10.6. The normalized spacial score (nSPS) is 11.6. The molecule has 0 N–H and O–H groups in total. The lowest BCUT2D eigenvalue weighted by Crippen LogP contribution is -2.31. The Bertz CT molecular complexity index is 7510. The minimum Gasteiger partial charge on any atom is -0.455 e. The first kappa shape index (κ1) is 76.3. The van der Waals surface area contributed by atoms with Crippen molar-refractivity contribution in [3.05, 3.63) is 357 Å². The SMILES string of the molecule is Cc1ccc2c(oc3ccc4cccnc4c32)c1-c1cccc[n+]1C.Cc1ccc2c(oc3ccc4ccncc4c32)c1-c1cccc[n+]1C.Cc1ccc2c(oc3ccc4cnccc4c32)c1-c1cccc[n+]1C.Cc1ccc2c(oc3ccc4ncccc4c32)c1-c1cccc[n+]1C.Cc1ccc2c(oc3ncc4ccccc4c32)c1-c1ccnc[n+]1C. The van der Waals surface area contributed by atoms with Gasteiger partial charge in [0.05, 0.1) is 56.7 Å². The zero-order valence-electron chi connectivity index (χ0n) is 70.6. The molecule has 25 rings (SSSR count). The molecule has 0 spiro atoms. The molecule has 600 valence electrons. The fraction of sp³-hybridized carbons (Fsp3) is 0.0917. The number of aryl methyl sites for hydroxylation is 10. The second kappa shape index (κ2) is 31.2. The van der Waals surface area contributed by atoms with Crippen LogP contribution in [0.15, 0.2) is 351 Å². The zero-order valence-corrected chi connectivity index (χ0v) is 70.6. The highest BCUT2D eigenvalue weighted by Crippen LogP contribution is 2.46. The Kier molecular flexibility index (Phi) is 19.0. The maximum atomic E-state index is 6.35. The van der Waals surface area contributed by atoms with E-state index in [4.69, 9.17) is 22.1 Å². The second-order valence-corrected chi connectivity index (χ2v) is 32.2. The van der Waals surface area contributed by atoms with Gasteiger partial charge in [0.1, 0.15) is 90.3 Å². The maximum Gasteiger partial charge on any atom is 0.286 e. The van der Waals surface area contributed by atoms with Gasteiger partial charge in [-0.25, -0.2) is 27.8 Å². The Labute approximate surface area is 717 Å². The summed E-state index contributed by atoms with van der Waals surface area (Å²) < 4.78 is 42.1. The van der Waals surface area contributed by atoms with E-state index in [1.165, 1.54) is 38.4 Å². The molecule has 0 fully saturated rings. The number of hydrogen-bond donors (Lipinski definition) is 0. The number of furan rings is 5. The molecule has 0 aliphatic carbocycles. The average Bonchev–Trinajstić information content (AvgIpc) is 1.62. The zero-order chi connectivity index (χ0) is 84.8. The van der Waals surface area contributed by atoms with Crippen LogP contribution in [0.25, 0.3) is 220 Å². The molecule has 0 saturated heterocycles. The highest BCUT2D eigenvalue weighted by atomic mass is 16.3. The van der Waals surface area contributed by atoms with Crippen molar-refractivity contribution in [3.63, 3.8) is 0 Å². The number of nitrogens with zero attached hydrogens (tertiary/aromatic N) is 11. The van der Waals surface area contributed by atoms with E-state index in [0.717, 1.165) is 204 Å². The molecule has 10 aromatic carbocycles. The van der Waals surface area contributed by atoms with E-state index in [0.29, 0.717) is 5.71 Å². The third kappa shape index (κ3) is 13.1. The summed E-state index contributed by atoms with van der Waals surface area (Å²) in [5.74, 6) is 0. The van der Waals surface area contributed by atoms with Crippen LogP contribution in [0.5, 0.6) is 0 Å². The average molecular weight is 1630 g/mol. The fourth-order valence-corrected chi connectivity index (χ4v) is 18.3. The number of aromatic nitrogens is 11.